The van der Waals surface area contributed by atoms with Gasteiger partial charge >= 0.3 is 0 Å². The molecule has 4 aliphatic carbocycles. The topological polar surface area (TPSA) is 80.9 Å². The van der Waals surface area contributed by atoms with Crippen LogP contribution >= 0.6 is 0 Å². The lowest BCUT2D eigenvalue weighted by atomic mass is 9.41. The van der Waals surface area contributed by atoms with Crippen LogP contribution in [0.3, 0.4) is 0 Å². The minimum Gasteiger partial charge on any atom is -0.393 e. The summed E-state index contributed by atoms with van der Waals surface area (Å²) in [6.45, 7) is 11.7. The molecule has 4 N–H and O–H groups in total. The van der Waals surface area contributed by atoms with Gasteiger partial charge in [-0.3, -0.25) is 0 Å². The van der Waals surface area contributed by atoms with Gasteiger partial charge in [0.15, 0.2) is 0 Å². The summed E-state index contributed by atoms with van der Waals surface area (Å²) < 4.78 is 0. The molecule has 0 saturated heterocycles. The normalized spacial score (nSPS) is 53.0. The maximum absolute atomic E-state index is 11.6. The molecule has 0 heterocycles. The molecule has 0 amide bonds. The van der Waals surface area contributed by atoms with Gasteiger partial charge in [0.1, 0.15) is 11.7 Å². The van der Waals surface area contributed by atoms with Gasteiger partial charge in [-0.25, -0.2) is 0 Å². The Morgan fingerprint density at radius 1 is 0.871 bits per heavy atom. The van der Waals surface area contributed by atoms with Crippen molar-refractivity contribution in [1.82, 2.24) is 0 Å². The summed E-state index contributed by atoms with van der Waals surface area (Å²) in [5.74, 6) is 2.85. The highest BCUT2D eigenvalue weighted by molar-refractivity contribution is 5.19. The van der Waals surface area contributed by atoms with E-state index in [-0.39, 0.29) is 23.7 Å². The Morgan fingerprint density at radius 2 is 1.58 bits per heavy atom. The Bertz CT molecular complexity index is 651. The van der Waals surface area contributed by atoms with Crippen molar-refractivity contribution in [2.24, 2.45) is 46.3 Å². The molecule has 0 bridgehead atoms. The van der Waals surface area contributed by atoms with E-state index < -0.39 is 29.3 Å². The minimum absolute atomic E-state index is 0.0575. The van der Waals surface area contributed by atoms with Gasteiger partial charge in [0.2, 0.25) is 0 Å². The Morgan fingerprint density at radius 3 is 2.26 bits per heavy atom. The molecule has 0 aromatic rings. The Kier molecular flexibility index (Phi) is 6.38. The van der Waals surface area contributed by atoms with Crippen LogP contribution in [0.4, 0.5) is 0 Å². The molecule has 0 radical (unpaired) electrons. The average Bonchev–Trinajstić information content (AvgIpc) is 3.05. The molecule has 0 spiro atoms. The van der Waals surface area contributed by atoms with Crippen LogP contribution in [0.5, 0.6) is 0 Å². The molecule has 11 atom stereocenters. The van der Waals surface area contributed by atoms with E-state index in [4.69, 9.17) is 0 Å². The van der Waals surface area contributed by atoms with Gasteiger partial charge in [0, 0.05) is 11.8 Å². The zero-order chi connectivity index (χ0) is 22.8. The molecule has 4 nitrogen and oxygen atoms in total. The van der Waals surface area contributed by atoms with E-state index in [1.165, 1.54) is 25.7 Å². The van der Waals surface area contributed by atoms with Crippen molar-refractivity contribution in [2.75, 3.05) is 0 Å². The summed E-state index contributed by atoms with van der Waals surface area (Å²) in [6, 6.07) is 0. The lowest BCUT2D eigenvalue weighted by Crippen LogP contribution is -2.73. The third-order valence-electron chi connectivity index (χ3n) is 11.1. The first-order valence-corrected chi connectivity index (χ1v) is 13.2. The number of hydrogen-bond donors (Lipinski definition) is 4. The van der Waals surface area contributed by atoms with Crippen LogP contribution in [0.15, 0.2) is 0 Å². The third kappa shape index (κ3) is 3.54. The summed E-state index contributed by atoms with van der Waals surface area (Å²) in [5, 5.41) is 44.4. The van der Waals surface area contributed by atoms with Crippen LogP contribution in [0, 0.1) is 46.3 Å². The average molecular weight is 437 g/mol. The lowest BCUT2D eigenvalue weighted by molar-refractivity contribution is -0.297. The Labute approximate surface area is 189 Å². The molecule has 4 heteroatoms. The van der Waals surface area contributed by atoms with Crippen molar-refractivity contribution >= 4 is 0 Å². The highest BCUT2D eigenvalue weighted by atomic mass is 16.4. The molecule has 180 valence electrons. The van der Waals surface area contributed by atoms with Crippen LogP contribution in [0.2, 0.25) is 0 Å². The van der Waals surface area contributed by atoms with Gasteiger partial charge in [-0.2, -0.15) is 0 Å². The summed E-state index contributed by atoms with van der Waals surface area (Å²) in [7, 11) is 0. The second-order valence-corrected chi connectivity index (χ2v) is 13.0. The van der Waals surface area contributed by atoms with Crippen LogP contribution in [-0.4, -0.2) is 44.3 Å². The molecule has 4 aliphatic rings. The van der Waals surface area contributed by atoms with E-state index in [0.29, 0.717) is 24.2 Å². The minimum atomic E-state index is -1.39. The van der Waals surface area contributed by atoms with Crippen molar-refractivity contribution in [3.05, 3.63) is 0 Å². The SMILES string of the molecule is CC(C)CCCC(C)C1CCC2C3C(O)C(O)C4(O)CC(O)CCC4(C)C3CCC12C. The Balaban J connectivity index is 1.58. The zero-order valence-corrected chi connectivity index (χ0v) is 20.6. The van der Waals surface area contributed by atoms with Crippen molar-refractivity contribution < 1.29 is 20.4 Å². The third-order valence-corrected chi connectivity index (χ3v) is 11.1. The first-order valence-electron chi connectivity index (χ1n) is 13.2. The quantitative estimate of drug-likeness (QED) is 0.511. The highest BCUT2D eigenvalue weighted by Gasteiger charge is 2.70. The summed E-state index contributed by atoms with van der Waals surface area (Å²) >= 11 is 0. The molecule has 0 aliphatic heterocycles. The smallest absolute Gasteiger partial charge is 0.109 e. The molecule has 31 heavy (non-hydrogen) atoms. The van der Waals surface area contributed by atoms with Crippen molar-refractivity contribution in [3.63, 3.8) is 0 Å². The molecular formula is C27H48O4. The second-order valence-electron chi connectivity index (χ2n) is 13.0. The second kappa shape index (κ2) is 8.25. The first-order chi connectivity index (χ1) is 14.5. The number of hydrogen-bond acceptors (Lipinski definition) is 4. The fourth-order valence-electron chi connectivity index (χ4n) is 9.27. The molecule has 0 aromatic carbocycles. The van der Waals surface area contributed by atoms with Crippen molar-refractivity contribution in [2.45, 2.75) is 123 Å². The summed E-state index contributed by atoms with van der Waals surface area (Å²) in [5.41, 5.74) is -1.60. The van der Waals surface area contributed by atoms with Gasteiger partial charge in [-0.1, -0.05) is 53.9 Å². The van der Waals surface area contributed by atoms with Gasteiger partial charge < -0.3 is 20.4 Å². The monoisotopic (exact) mass is 436 g/mol. The predicted octanol–water partition coefficient (Wildman–Crippen LogP) is 4.53. The van der Waals surface area contributed by atoms with Gasteiger partial charge in [-0.15, -0.1) is 0 Å². The molecule has 0 aromatic heterocycles. The zero-order valence-electron chi connectivity index (χ0n) is 20.6. The highest BCUT2D eigenvalue weighted by Crippen LogP contribution is 2.69. The van der Waals surface area contributed by atoms with Crippen LogP contribution in [0.1, 0.15) is 98.8 Å². The van der Waals surface area contributed by atoms with Gasteiger partial charge in [-0.05, 0) is 79.4 Å². The summed E-state index contributed by atoms with van der Waals surface area (Å²) in [4.78, 5) is 0. The molecule has 11 unspecified atom stereocenters. The number of fused-ring (bicyclic) bond motifs is 5. The lowest BCUT2D eigenvalue weighted by Gasteiger charge is -2.66. The molecule has 4 saturated carbocycles. The van der Waals surface area contributed by atoms with Crippen molar-refractivity contribution in [1.29, 1.82) is 0 Å². The van der Waals surface area contributed by atoms with Crippen molar-refractivity contribution in [3.8, 4) is 0 Å². The van der Waals surface area contributed by atoms with E-state index in [1.54, 1.807) is 0 Å². The predicted molar refractivity (Wildman–Crippen MR) is 123 cm³/mol. The maximum Gasteiger partial charge on any atom is 0.109 e. The van der Waals surface area contributed by atoms with Gasteiger partial charge in [0.25, 0.3) is 0 Å². The largest absolute Gasteiger partial charge is 0.393 e. The number of rotatable bonds is 5. The molecule has 4 rings (SSSR count). The fourth-order valence-corrected chi connectivity index (χ4v) is 9.27. The van der Waals surface area contributed by atoms with Crippen LogP contribution in [-0.2, 0) is 0 Å². The molecular weight excluding hydrogens is 388 g/mol. The number of aliphatic hydroxyl groups is 4. The molecule has 4 fully saturated rings. The standard InChI is InChI=1S/C27H48O4/c1-16(2)7-6-8-17(3)19-9-10-20-22-21(12-13-25(19,20)4)26(5)14-11-18(28)15-27(26,31)24(30)23(22)29/h16-24,28-31H,6-15H2,1-5H3. The summed E-state index contributed by atoms with van der Waals surface area (Å²) in [6.07, 6.45) is 7.39. The van der Waals surface area contributed by atoms with Crippen LogP contribution < -0.4 is 0 Å². The van der Waals surface area contributed by atoms with E-state index in [2.05, 4.69) is 34.6 Å². The van der Waals surface area contributed by atoms with E-state index in [1.807, 2.05) is 0 Å². The number of aliphatic hydroxyl groups excluding tert-OH is 3. The van der Waals surface area contributed by atoms with E-state index >= 15 is 0 Å². The van der Waals surface area contributed by atoms with Gasteiger partial charge in [0.05, 0.1) is 12.2 Å². The fraction of sp³-hybridized carbons (Fsp3) is 1.00. The van der Waals surface area contributed by atoms with Crippen LogP contribution in [0.25, 0.3) is 0 Å². The maximum atomic E-state index is 11.6. The van der Waals surface area contributed by atoms with E-state index in [0.717, 1.165) is 31.6 Å². The first kappa shape index (κ1) is 24.0. The Hall–Kier alpha value is -0.160. The van der Waals surface area contributed by atoms with E-state index in [9.17, 15) is 20.4 Å².